The van der Waals surface area contributed by atoms with Gasteiger partial charge in [-0.2, -0.15) is 4.31 Å². The number of para-hydroxylation sites is 1. The van der Waals surface area contributed by atoms with Gasteiger partial charge in [0.05, 0.1) is 27.3 Å². The zero-order chi connectivity index (χ0) is 32.4. The van der Waals surface area contributed by atoms with Crippen LogP contribution >= 0.6 is 11.6 Å². The van der Waals surface area contributed by atoms with Crippen molar-refractivity contribution in [1.29, 1.82) is 0 Å². The number of rotatable bonds is 9. The molecule has 8 nitrogen and oxygen atoms in total. The van der Waals surface area contributed by atoms with Gasteiger partial charge < -0.3 is 9.80 Å². The van der Waals surface area contributed by atoms with Crippen LogP contribution in [-0.2, 0) is 21.2 Å². The molecule has 2 fully saturated rings. The molecule has 46 heavy (non-hydrogen) atoms. The van der Waals surface area contributed by atoms with E-state index in [0.29, 0.717) is 67.6 Å². The smallest absolute Gasteiger partial charge is 0.243 e. The van der Waals surface area contributed by atoms with Crippen LogP contribution in [0.25, 0.3) is 11.3 Å². The summed E-state index contributed by atoms with van der Waals surface area (Å²) in [5.74, 6) is -1.23. The van der Waals surface area contributed by atoms with E-state index in [-0.39, 0.29) is 40.9 Å². The number of sulfonamides is 1. The predicted octanol–water partition coefficient (Wildman–Crippen LogP) is 5.90. The molecule has 0 unspecified atom stereocenters. The minimum atomic E-state index is -3.99. The first kappa shape index (κ1) is 32.0. The van der Waals surface area contributed by atoms with Crippen molar-refractivity contribution in [2.24, 2.45) is 0 Å². The Morgan fingerprint density at radius 1 is 0.848 bits per heavy atom. The highest BCUT2D eigenvalue weighted by Crippen LogP contribution is 2.30. The number of carbonyl (C=O) groups excluding carboxylic acids is 1. The van der Waals surface area contributed by atoms with Crippen LogP contribution in [0.3, 0.4) is 0 Å². The van der Waals surface area contributed by atoms with Crippen molar-refractivity contribution in [3.05, 3.63) is 101 Å². The molecule has 2 aliphatic heterocycles. The molecule has 3 heterocycles. The second kappa shape index (κ2) is 13.4. The number of anilines is 2. The summed E-state index contributed by atoms with van der Waals surface area (Å²) in [5, 5.41) is -0.0587. The van der Waals surface area contributed by atoms with Crippen molar-refractivity contribution in [1.82, 2.24) is 14.3 Å². The fraction of sp³-hybridized carbons (Fsp3) is 0.303. The minimum absolute atomic E-state index is 0.0290. The molecule has 2 saturated heterocycles. The van der Waals surface area contributed by atoms with Crippen LogP contribution in [0.1, 0.15) is 25.0 Å². The van der Waals surface area contributed by atoms with Crippen molar-refractivity contribution in [2.75, 3.05) is 42.5 Å². The lowest BCUT2D eigenvalue weighted by atomic mass is 10.0. The maximum Gasteiger partial charge on any atom is 0.243 e. The summed E-state index contributed by atoms with van der Waals surface area (Å²) in [6.45, 7) is 2.29. The van der Waals surface area contributed by atoms with Crippen molar-refractivity contribution < 1.29 is 26.4 Å². The van der Waals surface area contributed by atoms with Crippen molar-refractivity contribution >= 4 is 39.0 Å². The van der Waals surface area contributed by atoms with Crippen LogP contribution in [0.2, 0.25) is 5.02 Å². The molecule has 240 valence electrons. The molecule has 0 bridgehead atoms. The third-order valence-electron chi connectivity index (χ3n) is 8.36. The number of piperazine rings is 1. The topological polar surface area (TPSA) is 86.7 Å². The number of ketones is 1. The number of aromatic nitrogens is 2. The Labute approximate surface area is 270 Å². The predicted molar refractivity (Wildman–Crippen MR) is 170 cm³/mol. The number of benzene rings is 3. The Morgan fingerprint density at radius 2 is 1.57 bits per heavy atom. The summed E-state index contributed by atoms with van der Waals surface area (Å²) in [6, 6.07) is 16.4. The number of halogens is 4. The van der Waals surface area contributed by atoms with E-state index in [1.54, 1.807) is 30.3 Å². The second-order valence-corrected chi connectivity index (χ2v) is 13.6. The minimum Gasteiger partial charge on any atom is -0.366 e. The van der Waals surface area contributed by atoms with Gasteiger partial charge in [0.25, 0.3) is 0 Å². The van der Waals surface area contributed by atoms with Gasteiger partial charge in [-0.05, 0) is 79.9 Å². The molecule has 0 spiro atoms. The molecule has 0 amide bonds. The van der Waals surface area contributed by atoms with Gasteiger partial charge in [-0.15, -0.1) is 0 Å². The van der Waals surface area contributed by atoms with Gasteiger partial charge in [0.2, 0.25) is 16.0 Å². The summed E-state index contributed by atoms with van der Waals surface area (Å²) >= 11 is 6.07. The van der Waals surface area contributed by atoms with Gasteiger partial charge in [0.15, 0.2) is 5.78 Å². The Hall–Kier alpha value is -4.00. The van der Waals surface area contributed by atoms with Crippen LogP contribution in [0.15, 0.2) is 77.7 Å². The Balaban J connectivity index is 1.22. The van der Waals surface area contributed by atoms with Crippen molar-refractivity contribution in [3.8, 4) is 11.3 Å². The van der Waals surface area contributed by atoms with E-state index >= 15 is 0 Å². The average molecular weight is 670 g/mol. The normalized spacial score (nSPS) is 17.4. The molecule has 13 heteroatoms. The molecular formula is C33H31ClF3N5O3S. The molecular weight excluding hydrogens is 639 g/mol. The van der Waals surface area contributed by atoms with Crippen LogP contribution < -0.4 is 9.80 Å². The highest BCUT2D eigenvalue weighted by molar-refractivity contribution is 7.89. The zero-order valence-corrected chi connectivity index (χ0v) is 26.3. The van der Waals surface area contributed by atoms with E-state index < -0.39 is 27.7 Å². The molecule has 0 radical (unpaired) electrons. The van der Waals surface area contributed by atoms with Crippen LogP contribution in [0, 0.1) is 17.5 Å². The highest BCUT2D eigenvalue weighted by Gasteiger charge is 2.39. The van der Waals surface area contributed by atoms with Gasteiger partial charge in [-0.1, -0.05) is 23.7 Å². The monoisotopic (exact) mass is 669 g/mol. The second-order valence-electron chi connectivity index (χ2n) is 11.3. The SMILES string of the molecule is O=C(CCc1cc(-c2ccc(F)c(Cl)c2)nc(N2CCN(c3ccccc3F)CC2)n1)[C@@H]1CCCN1S(=O)(=O)c1ccc(F)cc1. The summed E-state index contributed by atoms with van der Waals surface area (Å²) in [7, 11) is -3.99. The van der Waals surface area contributed by atoms with Gasteiger partial charge in [-0.25, -0.2) is 31.6 Å². The van der Waals surface area contributed by atoms with E-state index in [4.69, 9.17) is 21.6 Å². The maximum absolute atomic E-state index is 14.4. The average Bonchev–Trinajstić information content (AvgIpc) is 3.57. The zero-order valence-electron chi connectivity index (χ0n) is 24.8. The molecule has 0 N–H and O–H groups in total. The molecule has 1 atom stereocenters. The summed E-state index contributed by atoms with van der Waals surface area (Å²) in [4.78, 5) is 26.8. The Bertz CT molecular complexity index is 1850. The van der Waals surface area contributed by atoms with E-state index in [0.717, 1.165) is 12.1 Å². The number of Topliss-reactive ketones (excluding diaryl/α,β-unsaturated/α-hetero) is 1. The van der Waals surface area contributed by atoms with E-state index in [9.17, 15) is 26.4 Å². The molecule has 4 aromatic rings. The number of hydrogen-bond donors (Lipinski definition) is 0. The summed E-state index contributed by atoms with van der Waals surface area (Å²) in [5.41, 5.74) is 2.14. The van der Waals surface area contributed by atoms with Crippen LogP contribution in [0.5, 0.6) is 0 Å². The summed E-state index contributed by atoms with van der Waals surface area (Å²) in [6.07, 6.45) is 1.16. The largest absolute Gasteiger partial charge is 0.366 e. The van der Waals surface area contributed by atoms with Gasteiger partial charge in [-0.3, -0.25) is 4.79 Å². The number of hydrogen-bond acceptors (Lipinski definition) is 7. The van der Waals surface area contributed by atoms with Crippen molar-refractivity contribution in [3.63, 3.8) is 0 Å². The lowest BCUT2D eigenvalue weighted by Gasteiger charge is -2.36. The standard InChI is InChI=1S/C33H31ClF3N5O3S/c34-26-20-22(7-13-27(26)36)29-21-24(38-33(39-29)41-18-16-40(17-19-41)30-5-2-1-4-28(30)37)10-14-32(43)31-6-3-15-42(31)46(44,45)25-11-8-23(35)9-12-25/h1-2,4-5,7-9,11-13,20-21,31H,3,6,10,14-19H2/t31-/m0/s1. The van der Waals surface area contributed by atoms with E-state index in [1.807, 2.05) is 9.80 Å². The first-order chi connectivity index (χ1) is 22.1. The molecule has 6 rings (SSSR count). The molecule has 3 aromatic carbocycles. The number of nitrogens with zero attached hydrogens (tertiary/aromatic N) is 5. The lowest BCUT2D eigenvalue weighted by molar-refractivity contribution is -0.122. The number of carbonyl (C=O) groups is 1. The van der Waals surface area contributed by atoms with Gasteiger partial charge in [0.1, 0.15) is 17.5 Å². The molecule has 1 aromatic heterocycles. The maximum atomic E-state index is 14.4. The Morgan fingerprint density at radius 3 is 2.28 bits per heavy atom. The molecule has 0 aliphatic carbocycles. The Kier molecular flexibility index (Phi) is 9.30. The lowest BCUT2D eigenvalue weighted by Crippen LogP contribution is -2.47. The van der Waals surface area contributed by atoms with Crippen molar-refractivity contribution in [2.45, 2.75) is 36.6 Å². The fourth-order valence-electron chi connectivity index (χ4n) is 5.92. The highest BCUT2D eigenvalue weighted by atomic mass is 35.5. The van der Waals surface area contributed by atoms with E-state index in [2.05, 4.69) is 0 Å². The van der Waals surface area contributed by atoms with Crippen LogP contribution in [0.4, 0.5) is 24.8 Å². The molecule has 2 aliphatic rings. The quantitative estimate of drug-likeness (QED) is 0.220. The van der Waals surface area contributed by atoms with Gasteiger partial charge in [0, 0.05) is 50.4 Å². The van der Waals surface area contributed by atoms with E-state index in [1.165, 1.54) is 34.6 Å². The summed E-state index contributed by atoms with van der Waals surface area (Å²) < 4.78 is 69.6. The first-order valence-electron chi connectivity index (χ1n) is 15.0. The fourth-order valence-corrected chi connectivity index (χ4v) is 7.78. The number of aryl methyl sites for hydroxylation is 1. The van der Waals surface area contributed by atoms with Crippen LogP contribution in [-0.4, -0.2) is 67.2 Å². The van der Waals surface area contributed by atoms with Gasteiger partial charge >= 0.3 is 0 Å². The molecule has 0 saturated carbocycles. The third kappa shape index (κ3) is 6.74. The first-order valence-corrected chi connectivity index (χ1v) is 16.8. The third-order valence-corrected chi connectivity index (χ3v) is 10.6.